The van der Waals surface area contributed by atoms with E-state index in [1.165, 1.54) is 0 Å². The lowest BCUT2D eigenvalue weighted by Crippen LogP contribution is -2.40. The second-order valence-corrected chi connectivity index (χ2v) is 3.28. The molecule has 6 heteroatoms. The van der Waals surface area contributed by atoms with Crippen molar-refractivity contribution in [3.8, 4) is 0 Å². The fraction of sp³-hybridized carbons (Fsp3) is 1.00. The quantitative estimate of drug-likeness (QED) is 0.612. The van der Waals surface area contributed by atoms with Crippen LogP contribution in [-0.4, -0.2) is 33.6 Å². The van der Waals surface area contributed by atoms with E-state index < -0.39 is 23.4 Å². The van der Waals surface area contributed by atoms with Crippen LogP contribution in [0, 0.1) is 5.41 Å². The summed E-state index contributed by atoms with van der Waals surface area (Å²) in [5.74, 6) is 0. The first-order valence-corrected chi connectivity index (χ1v) is 3.52. The molecular formula is C6H7B2F3O. The number of aliphatic hydroxyl groups is 1. The smallest absolute Gasteiger partial charge is 0.393 e. The normalized spacial score (nSPS) is 22.3. The summed E-state index contributed by atoms with van der Waals surface area (Å²) in [6.07, 6.45) is -4.60. The standard InChI is InChI=1S/C6H7B2F3O/c7-5(8,3-12)4(1-2-4)6(9,10)11/h12H,1-3H2. The number of aliphatic hydroxyl groups excluding tert-OH is 1. The topological polar surface area (TPSA) is 20.2 Å². The maximum absolute atomic E-state index is 12.3. The van der Waals surface area contributed by atoms with Crippen LogP contribution in [0.25, 0.3) is 0 Å². The van der Waals surface area contributed by atoms with Gasteiger partial charge in [-0.25, -0.2) is 0 Å². The minimum Gasteiger partial charge on any atom is -0.397 e. The first-order chi connectivity index (χ1) is 5.27. The maximum atomic E-state index is 12.3. The lowest BCUT2D eigenvalue weighted by molar-refractivity contribution is -0.194. The Hall–Kier alpha value is -0.120. The Morgan fingerprint density at radius 1 is 1.25 bits per heavy atom. The number of rotatable bonds is 2. The number of halogens is 3. The van der Waals surface area contributed by atoms with Gasteiger partial charge >= 0.3 is 6.18 Å². The van der Waals surface area contributed by atoms with Gasteiger partial charge in [0.15, 0.2) is 0 Å². The van der Waals surface area contributed by atoms with Gasteiger partial charge in [0.25, 0.3) is 0 Å². The molecule has 0 aromatic carbocycles. The Bertz CT molecular complexity index is 186. The average molecular weight is 174 g/mol. The van der Waals surface area contributed by atoms with Crippen molar-refractivity contribution in [2.45, 2.75) is 24.2 Å². The average Bonchev–Trinajstić information content (AvgIpc) is 2.63. The summed E-state index contributed by atoms with van der Waals surface area (Å²) in [6.45, 7) is -0.855. The Morgan fingerprint density at radius 2 is 1.67 bits per heavy atom. The van der Waals surface area contributed by atoms with Gasteiger partial charge in [-0.15, -0.1) is 0 Å². The fourth-order valence-corrected chi connectivity index (χ4v) is 1.29. The van der Waals surface area contributed by atoms with Gasteiger partial charge in [0, 0.05) is 6.61 Å². The van der Waals surface area contributed by atoms with Crippen LogP contribution in [0.15, 0.2) is 0 Å². The van der Waals surface area contributed by atoms with Crippen molar-refractivity contribution < 1.29 is 18.3 Å². The van der Waals surface area contributed by atoms with Gasteiger partial charge in [-0.1, -0.05) is 5.21 Å². The third-order valence-corrected chi connectivity index (χ3v) is 2.45. The summed E-state index contributed by atoms with van der Waals surface area (Å²) in [5.41, 5.74) is -2.06. The lowest BCUT2D eigenvalue weighted by Gasteiger charge is -2.35. The van der Waals surface area contributed by atoms with Gasteiger partial charge in [-0.05, 0) is 12.8 Å². The first-order valence-electron chi connectivity index (χ1n) is 3.52. The number of alkyl halides is 3. The van der Waals surface area contributed by atoms with Crippen molar-refractivity contribution in [2.24, 2.45) is 5.41 Å². The Labute approximate surface area is 71.2 Å². The van der Waals surface area contributed by atoms with E-state index >= 15 is 0 Å². The predicted molar refractivity (Wildman–Crippen MR) is 39.0 cm³/mol. The highest BCUT2D eigenvalue weighted by Crippen LogP contribution is 2.68. The molecule has 0 saturated heterocycles. The van der Waals surface area contributed by atoms with E-state index in [1.54, 1.807) is 0 Å². The maximum Gasteiger partial charge on any atom is 0.393 e. The van der Waals surface area contributed by atoms with Crippen LogP contribution in [0.2, 0.25) is 5.21 Å². The number of hydrogen-bond donors (Lipinski definition) is 1. The van der Waals surface area contributed by atoms with E-state index in [-0.39, 0.29) is 12.8 Å². The number of hydrogen-bond acceptors (Lipinski definition) is 1. The zero-order valence-electron chi connectivity index (χ0n) is 6.36. The summed E-state index contributed by atoms with van der Waals surface area (Å²) in [5, 5.41) is 6.55. The molecule has 0 unspecified atom stereocenters. The summed E-state index contributed by atoms with van der Waals surface area (Å²) >= 11 is 0. The van der Waals surface area contributed by atoms with Crippen LogP contribution >= 0.6 is 0 Å². The van der Waals surface area contributed by atoms with Gasteiger partial charge in [0.05, 0.1) is 21.1 Å². The molecule has 0 heterocycles. The molecule has 4 radical (unpaired) electrons. The molecule has 1 aliphatic carbocycles. The molecule has 0 amide bonds. The summed E-state index contributed by atoms with van der Waals surface area (Å²) < 4.78 is 36.9. The molecule has 1 saturated carbocycles. The zero-order chi connectivity index (χ0) is 9.62. The lowest BCUT2D eigenvalue weighted by atomic mass is 9.46. The van der Waals surface area contributed by atoms with Crippen molar-refractivity contribution in [3.63, 3.8) is 0 Å². The minimum absolute atomic E-state index is 0.0932. The Kier molecular flexibility index (Phi) is 2.02. The molecule has 1 rings (SSSR count). The highest BCUT2D eigenvalue weighted by Gasteiger charge is 2.68. The van der Waals surface area contributed by atoms with Crippen LogP contribution in [0.1, 0.15) is 12.8 Å². The molecule has 1 fully saturated rings. The molecule has 1 N–H and O–H groups in total. The SMILES string of the molecule is [B]C([B])(CO)C1(C(F)(F)F)CC1. The Balaban J connectivity index is 2.87. The minimum atomic E-state index is -4.42. The highest BCUT2D eigenvalue weighted by molar-refractivity contribution is 6.40. The van der Waals surface area contributed by atoms with Gasteiger partial charge in [-0.3, -0.25) is 0 Å². The molecule has 64 valence electrons. The molecule has 12 heavy (non-hydrogen) atoms. The van der Waals surface area contributed by atoms with Crippen LogP contribution < -0.4 is 0 Å². The van der Waals surface area contributed by atoms with E-state index in [1.807, 2.05) is 0 Å². The molecule has 0 aromatic heterocycles. The molecule has 0 aliphatic heterocycles. The monoisotopic (exact) mass is 174 g/mol. The molecule has 0 bridgehead atoms. The van der Waals surface area contributed by atoms with E-state index in [4.69, 9.17) is 20.8 Å². The van der Waals surface area contributed by atoms with Crippen LogP contribution in [0.4, 0.5) is 13.2 Å². The van der Waals surface area contributed by atoms with Crippen molar-refractivity contribution >= 4 is 15.7 Å². The van der Waals surface area contributed by atoms with Crippen LogP contribution in [0.3, 0.4) is 0 Å². The largest absolute Gasteiger partial charge is 0.397 e. The fourth-order valence-electron chi connectivity index (χ4n) is 1.29. The second kappa shape index (κ2) is 2.44. The van der Waals surface area contributed by atoms with E-state index in [2.05, 4.69) is 0 Å². The molecule has 0 spiro atoms. The van der Waals surface area contributed by atoms with E-state index in [0.717, 1.165) is 0 Å². The van der Waals surface area contributed by atoms with Crippen LogP contribution in [-0.2, 0) is 0 Å². The van der Waals surface area contributed by atoms with Gasteiger partial charge in [-0.2, -0.15) is 13.2 Å². The third kappa shape index (κ3) is 1.16. The highest BCUT2D eigenvalue weighted by atomic mass is 19.4. The third-order valence-electron chi connectivity index (χ3n) is 2.45. The van der Waals surface area contributed by atoms with Gasteiger partial charge < -0.3 is 5.11 Å². The van der Waals surface area contributed by atoms with Gasteiger partial charge in [0.2, 0.25) is 0 Å². The van der Waals surface area contributed by atoms with E-state index in [9.17, 15) is 13.2 Å². The molecular weight excluding hydrogens is 167 g/mol. The molecule has 0 atom stereocenters. The summed E-state index contributed by atoms with van der Waals surface area (Å²) in [6, 6.07) is 0. The van der Waals surface area contributed by atoms with Crippen molar-refractivity contribution in [1.29, 1.82) is 0 Å². The predicted octanol–water partition coefficient (Wildman–Crippen LogP) is 0.774. The van der Waals surface area contributed by atoms with Crippen molar-refractivity contribution in [1.82, 2.24) is 0 Å². The summed E-state index contributed by atoms with van der Waals surface area (Å²) in [4.78, 5) is 0. The molecule has 1 aliphatic rings. The molecule has 1 nitrogen and oxygen atoms in total. The molecule has 0 aromatic rings. The second-order valence-electron chi connectivity index (χ2n) is 3.28. The van der Waals surface area contributed by atoms with Crippen molar-refractivity contribution in [2.75, 3.05) is 6.61 Å². The Morgan fingerprint density at radius 3 is 1.75 bits per heavy atom. The zero-order valence-corrected chi connectivity index (χ0v) is 6.36. The van der Waals surface area contributed by atoms with Gasteiger partial charge in [0.1, 0.15) is 0 Å². The van der Waals surface area contributed by atoms with Crippen molar-refractivity contribution in [3.05, 3.63) is 0 Å². The summed E-state index contributed by atoms with van der Waals surface area (Å²) in [7, 11) is 10.3. The van der Waals surface area contributed by atoms with E-state index in [0.29, 0.717) is 0 Å². The first kappa shape index (κ1) is 9.96. The van der Waals surface area contributed by atoms with Crippen LogP contribution in [0.5, 0.6) is 0 Å².